The first kappa shape index (κ1) is 8.10. The molecule has 66 valence electrons. The van der Waals surface area contributed by atoms with Gasteiger partial charge in [0, 0.05) is 0 Å². The van der Waals surface area contributed by atoms with E-state index in [2.05, 4.69) is 24.3 Å². The molecule has 1 fully saturated rings. The highest BCUT2D eigenvalue weighted by Crippen LogP contribution is 2.32. The molecule has 0 unspecified atom stereocenters. The van der Waals surface area contributed by atoms with Crippen LogP contribution >= 0.6 is 0 Å². The van der Waals surface area contributed by atoms with Crippen LogP contribution < -0.4 is 0 Å². The van der Waals surface area contributed by atoms with Crippen molar-refractivity contribution in [3.05, 3.63) is 24.3 Å². The topological polar surface area (TPSA) is 0 Å². The second-order valence-corrected chi connectivity index (χ2v) is 4.07. The van der Waals surface area contributed by atoms with Crippen molar-refractivity contribution in [3.63, 3.8) is 0 Å². The van der Waals surface area contributed by atoms with Gasteiger partial charge in [0.1, 0.15) is 0 Å². The summed E-state index contributed by atoms with van der Waals surface area (Å²) in [6.45, 7) is 0. The standard InChI is InChI=1S/C12H18/c1-3-7-11(8-4-1)12-9-5-2-6-10-12/h3-4,7-8,11-12H,1-2,5-6,9-10H2. The number of allylic oxidation sites excluding steroid dienone is 4. The third kappa shape index (κ3) is 1.80. The number of hydrogen-bond donors (Lipinski definition) is 0. The predicted molar refractivity (Wildman–Crippen MR) is 53.0 cm³/mol. The van der Waals surface area contributed by atoms with Crippen molar-refractivity contribution in [1.29, 1.82) is 0 Å². The number of hydrogen-bond acceptors (Lipinski definition) is 0. The van der Waals surface area contributed by atoms with Gasteiger partial charge in [-0.2, -0.15) is 0 Å². The first-order chi connectivity index (χ1) is 5.97. The summed E-state index contributed by atoms with van der Waals surface area (Å²) in [5, 5.41) is 0. The second-order valence-electron chi connectivity index (χ2n) is 4.07. The van der Waals surface area contributed by atoms with Crippen LogP contribution in [0.4, 0.5) is 0 Å². The maximum atomic E-state index is 2.41. The quantitative estimate of drug-likeness (QED) is 0.516. The molecule has 0 aliphatic heterocycles. The van der Waals surface area contributed by atoms with Gasteiger partial charge in [0.15, 0.2) is 0 Å². The maximum absolute atomic E-state index is 2.41. The molecule has 0 saturated heterocycles. The summed E-state index contributed by atoms with van der Waals surface area (Å²) in [6, 6.07) is 0. The van der Waals surface area contributed by atoms with Gasteiger partial charge in [0.25, 0.3) is 0 Å². The van der Waals surface area contributed by atoms with Crippen molar-refractivity contribution in [2.24, 2.45) is 11.8 Å². The van der Waals surface area contributed by atoms with Gasteiger partial charge in [-0.1, -0.05) is 43.6 Å². The molecule has 0 aromatic heterocycles. The minimum atomic E-state index is 0.777. The fraction of sp³-hybridized carbons (Fsp3) is 0.667. The van der Waals surface area contributed by atoms with E-state index in [-0.39, 0.29) is 0 Å². The van der Waals surface area contributed by atoms with Gasteiger partial charge in [0.05, 0.1) is 0 Å². The molecule has 0 radical (unpaired) electrons. The molecule has 0 nitrogen and oxygen atoms in total. The summed E-state index contributed by atoms with van der Waals surface area (Å²) < 4.78 is 0. The van der Waals surface area contributed by atoms with Gasteiger partial charge in [-0.25, -0.2) is 0 Å². The highest BCUT2D eigenvalue weighted by molar-refractivity contribution is 5.10. The van der Waals surface area contributed by atoms with E-state index in [0.717, 1.165) is 18.3 Å². The average molecular weight is 162 g/mol. The van der Waals surface area contributed by atoms with Crippen molar-refractivity contribution in [2.75, 3.05) is 0 Å². The van der Waals surface area contributed by atoms with E-state index in [1.54, 1.807) is 0 Å². The molecule has 0 atom stereocenters. The highest BCUT2D eigenvalue weighted by atomic mass is 14.2. The minimum Gasteiger partial charge on any atom is -0.0841 e. The molecule has 0 N–H and O–H groups in total. The zero-order valence-corrected chi connectivity index (χ0v) is 7.71. The summed E-state index contributed by atoms with van der Waals surface area (Å²) in [5.74, 6) is 1.74. The zero-order valence-electron chi connectivity index (χ0n) is 7.71. The molecule has 12 heavy (non-hydrogen) atoms. The molecule has 1 saturated carbocycles. The normalized spacial score (nSPS) is 26.3. The van der Waals surface area contributed by atoms with E-state index in [1.807, 2.05) is 0 Å². The summed E-state index contributed by atoms with van der Waals surface area (Å²) >= 11 is 0. The molecule has 0 heterocycles. The maximum Gasteiger partial charge on any atom is -0.00250 e. The van der Waals surface area contributed by atoms with Crippen LogP contribution in [0.2, 0.25) is 0 Å². The summed E-state index contributed by atoms with van der Waals surface area (Å²) in [5.41, 5.74) is 0. The van der Waals surface area contributed by atoms with Gasteiger partial charge < -0.3 is 0 Å². The Balaban J connectivity index is 1.93. The molecule has 2 aliphatic rings. The Morgan fingerprint density at radius 2 is 1.50 bits per heavy atom. The van der Waals surface area contributed by atoms with E-state index in [0.29, 0.717) is 0 Å². The Hall–Kier alpha value is -0.520. The van der Waals surface area contributed by atoms with Crippen LogP contribution in [0.15, 0.2) is 24.3 Å². The highest BCUT2D eigenvalue weighted by Gasteiger charge is 2.19. The van der Waals surface area contributed by atoms with E-state index >= 15 is 0 Å². The van der Waals surface area contributed by atoms with Gasteiger partial charge in [-0.3, -0.25) is 0 Å². The largest absolute Gasteiger partial charge is 0.0841 e. The van der Waals surface area contributed by atoms with Crippen LogP contribution in [0.3, 0.4) is 0 Å². The van der Waals surface area contributed by atoms with E-state index < -0.39 is 0 Å². The third-order valence-corrected chi connectivity index (χ3v) is 3.18. The molecular weight excluding hydrogens is 144 g/mol. The van der Waals surface area contributed by atoms with Crippen molar-refractivity contribution in [3.8, 4) is 0 Å². The van der Waals surface area contributed by atoms with Gasteiger partial charge >= 0.3 is 0 Å². The molecule has 0 aromatic carbocycles. The van der Waals surface area contributed by atoms with Gasteiger partial charge in [-0.05, 0) is 31.1 Å². The predicted octanol–water partition coefficient (Wildman–Crippen LogP) is 3.70. The third-order valence-electron chi connectivity index (χ3n) is 3.18. The minimum absolute atomic E-state index is 0.777. The van der Waals surface area contributed by atoms with Crippen LogP contribution in [-0.4, -0.2) is 0 Å². The second kappa shape index (κ2) is 3.93. The van der Waals surface area contributed by atoms with Crippen molar-refractivity contribution in [2.45, 2.75) is 38.5 Å². The Morgan fingerprint density at radius 3 is 2.17 bits per heavy atom. The van der Waals surface area contributed by atoms with Crippen molar-refractivity contribution < 1.29 is 0 Å². The SMILES string of the molecule is C1=CC(C2CCCCC2)C=CC1. The van der Waals surface area contributed by atoms with Gasteiger partial charge in [-0.15, -0.1) is 0 Å². The lowest BCUT2D eigenvalue weighted by atomic mass is 9.78. The first-order valence-corrected chi connectivity index (χ1v) is 5.30. The van der Waals surface area contributed by atoms with E-state index in [1.165, 1.54) is 32.1 Å². The van der Waals surface area contributed by atoms with Crippen molar-refractivity contribution in [1.82, 2.24) is 0 Å². The monoisotopic (exact) mass is 162 g/mol. The Morgan fingerprint density at radius 1 is 0.833 bits per heavy atom. The van der Waals surface area contributed by atoms with Crippen molar-refractivity contribution >= 4 is 0 Å². The van der Waals surface area contributed by atoms with Gasteiger partial charge in [0.2, 0.25) is 0 Å². The zero-order chi connectivity index (χ0) is 8.23. The smallest absolute Gasteiger partial charge is 0.00250 e. The fourth-order valence-corrected chi connectivity index (χ4v) is 2.45. The van der Waals surface area contributed by atoms with E-state index in [9.17, 15) is 0 Å². The Labute approximate surface area is 75.4 Å². The molecule has 0 spiro atoms. The lowest BCUT2D eigenvalue weighted by Crippen LogP contribution is -2.15. The Bertz CT molecular complexity index is 170. The molecule has 0 bridgehead atoms. The average Bonchev–Trinajstić information content (AvgIpc) is 2.21. The Kier molecular flexibility index (Phi) is 2.65. The molecule has 0 heteroatoms. The molecule has 0 amide bonds. The summed E-state index contributed by atoms with van der Waals surface area (Å²) in [4.78, 5) is 0. The van der Waals surface area contributed by atoms with Crippen LogP contribution in [0, 0.1) is 11.8 Å². The lowest BCUT2D eigenvalue weighted by Gasteiger charge is -2.27. The summed E-state index contributed by atoms with van der Waals surface area (Å²) in [6.07, 6.45) is 17.9. The fourth-order valence-electron chi connectivity index (χ4n) is 2.45. The molecule has 2 aliphatic carbocycles. The summed E-state index contributed by atoms with van der Waals surface area (Å²) in [7, 11) is 0. The van der Waals surface area contributed by atoms with E-state index in [4.69, 9.17) is 0 Å². The molecule has 0 aromatic rings. The van der Waals surface area contributed by atoms with Crippen LogP contribution in [0.25, 0.3) is 0 Å². The van der Waals surface area contributed by atoms with Crippen LogP contribution in [0.1, 0.15) is 38.5 Å². The molecule has 2 rings (SSSR count). The first-order valence-electron chi connectivity index (χ1n) is 5.30. The number of rotatable bonds is 1. The van der Waals surface area contributed by atoms with Crippen LogP contribution in [-0.2, 0) is 0 Å². The van der Waals surface area contributed by atoms with Crippen LogP contribution in [0.5, 0.6) is 0 Å². The molecular formula is C12H18. The lowest BCUT2D eigenvalue weighted by molar-refractivity contribution is 0.317.